The van der Waals surface area contributed by atoms with Gasteiger partial charge in [0, 0.05) is 25.5 Å². The third-order valence-electron chi connectivity index (χ3n) is 7.23. The molecule has 1 unspecified atom stereocenters. The lowest BCUT2D eigenvalue weighted by Gasteiger charge is -2.33. The quantitative estimate of drug-likeness (QED) is 0.351. The number of piperidine rings is 1. The first kappa shape index (κ1) is 26.8. The molecule has 10 heteroatoms. The molecule has 1 fully saturated rings. The molecule has 0 saturated carbocycles. The van der Waals surface area contributed by atoms with Crippen LogP contribution in [0, 0.1) is 19.7 Å². The summed E-state index contributed by atoms with van der Waals surface area (Å²) in [6.07, 6.45) is 4.24. The number of ether oxygens (including phenoxy) is 1. The van der Waals surface area contributed by atoms with Crippen LogP contribution in [-0.4, -0.2) is 53.6 Å². The Morgan fingerprint density at radius 3 is 2.64 bits per heavy atom. The van der Waals surface area contributed by atoms with Crippen molar-refractivity contribution in [2.24, 2.45) is 5.73 Å². The van der Waals surface area contributed by atoms with E-state index < -0.39 is 26.9 Å². The largest absolute Gasteiger partial charge is 0.453 e. The van der Waals surface area contributed by atoms with E-state index in [0.29, 0.717) is 47.8 Å². The molecule has 3 heterocycles. The van der Waals surface area contributed by atoms with Gasteiger partial charge in [-0.25, -0.2) is 17.8 Å². The number of fused-ring (bicyclic) bond motifs is 1. The summed E-state index contributed by atoms with van der Waals surface area (Å²) in [4.78, 5) is 22.2. The molecule has 0 bridgehead atoms. The maximum absolute atomic E-state index is 14.9. The fourth-order valence-corrected chi connectivity index (χ4v) is 6.92. The molecule has 3 N–H and O–H groups in total. The number of halogens is 1. The smallest absolute Gasteiger partial charge is 0.239 e. The van der Waals surface area contributed by atoms with E-state index in [9.17, 15) is 17.6 Å². The van der Waals surface area contributed by atoms with Gasteiger partial charge < -0.3 is 20.4 Å². The number of nitrogens with two attached hydrogens (primary N) is 1. The van der Waals surface area contributed by atoms with Crippen molar-refractivity contribution in [2.45, 2.75) is 49.3 Å². The van der Waals surface area contributed by atoms with E-state index in [1.54, 1.807) is 41.4 Å². The van der Waals surface area contributed by atoms with Gasteiger partial charge in [0.05, 0.1) is 21.6 Å². The second kappa shape index (κ2) is 10.8. The van der Waals surface area contributed by atoms with Crippen molar-refractivity contribution in [3.8, 4) is 11.5 Å². The van der Waals surface area contributed by atoms with E-state index in [2.05, 4.69) is 9.97 Å². The van der Waals surface area contributed by atoms with Crippen LogP contribution in [0.4, 0.5) is 4.39 Å². The molecule has 204 valence electrons. The number of likely N-dealkylation sites (tertiary alicyclic amines) is 1. The minimum Gasteiger partial charge on any atom is -0.453 e. The number of hydrogen-bond donors (Lipinski definition) is 2. The highest BCUT2D eigenvalue weighted by Crippen LogP contribution is 2.32. The second-order valence-corrected chi connectivity index (χ2v) is 12.3. The molecule has 2 aromatic heterocycles. The van der Waals surface area contributed by atoms with Gasteiger partial charge in [0.1, 0.15) is 11.4 Å². The molecule has 2 aromatic carbocycles. The van der Waals surface area contributed by atoms with Crippen LogP contribution in [0.5, 0.6) is 11.5 Å². The second-order valence-electron chi connectivity index (χ2n) is 10.1. The summed E-state index contributed by atoms with van der Waals surface area (Å²) in [6, 6.07) is 12.2. The van der Waals surface area contributed by atoms with Crippen molar-refractivity contribution in [3.63, 3.8) is 0 Å². The zero-order chi connectivity index (χ0) is 27.7. The number of pyridine rings is 1. The Morgan fingerprint density at radius 1 is 1.15 bits per heavy atom. The van der Waals surface area contributed by atoms with E-state index in [0.717, 1.165) is 16.5 Å². The van der Waals surface area contributed by atoms with E-state index >= 15 is 0 Å². The molecule has 0 aliphatic carbocycles. The summed E-state index contributed by atoms with van der Waals surface area (Å²) in [5.41, 5.74) is 9.26. The molecule has 1 atom stereocenters. The highest BCUT2D eigenvalue weighted by molar-refractivity contribution is 7.92. The third kappa shape index (κ3) is 5.53. The number of aryl methyl sites for hydroxylation is 2. The maximum atomic E-state index is 14.9. The zero-order valence-corrected chi connectivity index (χ0v) is 22.7. The normalized spacial score (nSPS) is 15.4. The lowest BCUT2D eigenvalue weighted by molar-refractivity contribution is -0.133. The summed E-state index contributed by atoms with van der Waals surface area (Å²) in [5.74, 6) is -0.287. The van der Waals surface area contributed by atoms with Gasteiger partial charge in [-0.15, -0.1) is 0 Å². The number of aromatic nitrogens is 2. The number of rotatable bonds is 7. The van der Waals surface area contributed by atoms with Crippen LogP contribution in [-0.2, 0) is 21.1 Å². The molecule has 1 aliphatic heterocycles. The first-order valence-electron chi connectivity index (χ1n) is 12.9. The molecule has 39 heavy (non-hydrogen) atoms. The molecule has 0 spiro atoms. The predicted molar refractivity (Wildman–Crippen MR) is 147 cm³/mol. The maximum Gasteiger partial charge on any atom is 0.239 e. The van der Waals surface area contributed by atoms with Gasteiger partial charge in [0.25, 0.3) is 0 Å². The van der Waals surface area contributed by atoms with E-state index in [1.807, 2.05) is 26.1 Å². The molecule has 1 amide bonds. The summed E-state index contributed by atoms with van der Waals surface area (Å²) in [7, 11) is -3.47. The van der Waals surface area contributed by atoms with Crippen molar-refractivity contribution >= 4 is 26.8 Å². The molecule has 8 nitrogen and oxygen atoms in total. The number of sulfone groups is 1. The Balaban J connectivity index is 1.20. The van der Waals surface area contributed by atoms with Crippen LogP contribution in [0.2, 0.25) is 0 Å². The number of aromatic amines is 1. The first-order valence-corrected chi connectivity index (χ1v) is 14.4. The fourth-order valence-electron chi connectivity index (χ4n) is 5.09. The summed E-state index contributed by atoms with van der Waals surface area (Å²) < 4.78 is 46.9. The van der Waals surface area contributed by atoms with Gasteiger partial charge in [-0.05, 0) is 80.1 Å². The molecular weight excluding hydrogens is 519 g/mol. The van der Waals surface area contributed by atoms with Crippen LogP contribution in [0.25, 0.3) is 11.0 Å². The van der Waals surface area contributed by atoms with Crippen molar-refractivity contribution in [1.29, 1.82) is 0 Å². The third-order valence-corrected chi connectivity index (χ3v) is 9.49. The molecule has 5 rings (SSSR count). The number of carbonyl (C=O) groups excluding carboxylic acids is 1. The molecular formula is C29H31FN4O4S. The number of amides is 1. The highest BCUT2D eigenvalue weighted by atomic mass is 32.2. The van der Waals surface area contributed by atoms with E-state index in [1.165, 1.54) is 12.1 Å². The van der Waals surface area contributed by atoms with Crippen molar-refractivity contribution in [2.75, 3.05) is 13.1 Å². The van der Waals surface area contributed by atoms with Gasteiger partial charge in [-0.3, -0.25) is 4.79 Å². The van der Waals surface area contributed by atoms with Crippen LogP contribution in [0.15, 0.2) is 65.8 Å². The Bertz CT molecular complexity index is 1630. The van der Waals surface area contributed by atoms with Crippen LogP contribution >= 0.6 is 0 Å². The van der Waals surface area contributed by atoms with Crippen molar-refractivity contribution in [1.82, 2.24) is 14.9 Å². The lowest BCUT2D eigenvalue weighted by atomic mass is 10.0. The van der Waals surface area contributed by atoms with E-state index in [-0.39, 0.29) is 18.1 Å². The van der Waals surface area contributed by atoms with Gasteiger partial charge in [-0.1, -0.05) is 18.2 Å². The van der Waals surface area contributed by atoms with Crippen LogP contribution in [0.3, 0.4) is 0 Å². The van der Waals surface area contributed by atoms with Gasteiger partial charge in [0.2, 0.25) is 5.91 Å². The Morgan fingerprint density at radius 2 is 1.92 bits per heavy atom. The lowest BCUT2D eigenvalue weighted by Crippen LogP contribution is -2.49. The van der Waals surface area contributed by atoms with E-state index in [4.69, 9.17) is 10.5 Å². The summed E-state index contributed by atoms with van der Waals surface area (Å²) >= 11 is 0. The average Bonchev–Trinajstić information content (AvgIpc) is 3.31. The van der Waals surface area contributed by atoms with Crippen molar-refractivity contribution < 1.29 is 22.3 Å². The molecule has 1 saturated heterocycles. The van der Waals surface area contributed by atoms with Crippen LogP contribution in [0.1, 0.15) is 29.5 Å². The topological polar surface area (TPSA) is 118 Å². The Hall–Kier alpha value is -3.76. The minimum atomic E-state index is -3.47. The van der Waals surface area contributed by atoms with Gasteiger partial charge in [-0.2, -0.15) is 0 Å². The Kier molecular flexibility index (Phi) is 7.42. The number of hydrogen-bond acceptors (Lipinski definition) is 6. The number of nitrogens with zero attached hydrogens (tertiary/aromatic N) is 2. The number of carbonyl (C=O) groups is 1. The Labute approximate surface area is 226 Å². The number of H-pyrrole nitrogens is 1. The van der Waals surface area contributed by atoms with Crippen LogP contribution < -0.4 is 10.5 Å². The van der Waals surface area contributed by atoms with Gasteiger partial charge >= 0.3 is 0 Å². The monoisotopic (exact) mass is 550 g/mol. The van der Waals surface area contributed by atoms with Gasteiger partial charge in [0.15, 0.2) is 21.4 Å². The molecule has 4 aromatic rings. The SMILES string of the molecule is Cc1cccc(S(=O)(=O)C2CCN(C(=O)C(N)Cc3ccc(Oc4ccnc5[nH]cc(C)c45)c(F)c3)CC2)c1. The predicted octanol–water partition coefficient (Wildman–Crippen LogP) is 4.45. The molecule has 0 radical (unpaired) electrons. The summed E-state index contributed by atoms with van der Waals surface area (Å²) in [6.45, 7) is 4.39. The van der Waals surface area contributed by atoms with Crippen molar-refractivity contribution in [3.05, 3.63) is 83.4 Å². The first-order chi connectivity index (χ1) is 18.6. The number of benzene rings is 2. The highest BCUT2D eigenvalue weighted by Gasteiger charge is 2.34. The fraction of sp³-hybridized carbons (Fsp3) is 0.310. The zero-order valence-electron chi connectivity index (χ0n) is 21.9. The summed E-state index contributed by atoms with van der Waals surface area (Å²) in [5, 5.41) is 0.238. The standard InChI is InChI=1S/C29H31FN4O4S/c1-18-4-3-5-22(14-18)39(36,37)21-9-12-34(13-10-21)29(35)24(31)16-20-6-7-25(23(30)15-20)38-26-8-11-32-28-27(26)19(2)17-33-28/h3-8,11,14-15,17,21,24H,9-10,12-13,16,31H2,1-2H3,(H,32,33). The average molecular weight is 551 g/mol. The minimum absolute atomic E-state index is 0.0589. The number of nitrogens with one attached hydrogen (secondary N) is 1. The molecule has 1 aliphatic rings.